The van der Waals surface area contributed by atoms with Gasteiger partial charge in [0.2, 0.25) is 0 Å². The number of nitrogens with one attached hydrogen (secondary N) is 1. The molecule has 144 valence electrons. The van der Waals surface area contributed by atoms with Crippen LogP contribution in [0.2, 0.25) is 0 Å². The SMILES string of the molecule is CC(CO)Nc1cc(-n2cccn2)ncc1-n1cc(CCC(C)(C)O)nn1. The number of nitrogens with zero attached hydrogens (tertiary/aromatic N) is 6. The molecule has 3 aromatic heterocycles. The van der Waals surface area contributed by atoms with Gasteiger partial charge in [0.1, 0.15) is 5.69 Å². The van der Waals surface area contributed by atoms with E-state index in [-0.39, 0.29) is 12.6 Å². The molecule has 3 aromatic rings. The van der Waals surface area contributed by atoms with Crippen LogP contribution in [0.25, 0.3) is 11.5 Å². The predicted molar refractivity (Wildman–Crippen MR) is 101 cm³/mol. The van der Waals surface area contributed by atoms with Crippen molar-refractivity contribution in [1.82, 2.24) is 29.8 Å². The second-order valence-corrected chi connectivity index (χ2v) is 7.21. The molecule has 0 bridgehead atoms. The zero-order valence-corrected chi connectivity index (χ0v) is 15.7. The van der Waals surface area contributed by atoms with E-state index in [0.717, 1.165) is 11.4 Å². The van der Waals surface area contributed by atoms with Crippen molar-refractivity contribution in [2.75, 3.05) is 11.9 Å². The minimum absolute atomic E-state index is 0.00689. The number of aliphatic hydroxyl groups excluding tert-OH is 1. The van der Waals surface area contributed by atoms with Crippen LogP contribution in [-0.2, 0) is 6.42 Å². The highest BCUT2D eigenvalue weighted by molar-refractivity contribution is 5.62. The minimum atomic E-state index is -0.750. The summed E-state index contributed by atoms with van der Waals surface area (Å²) in [6.45, 7) is 5.42. The van der Waals surface area contributed by atoms with E-state index < -0.39 is 5.60 Å². The van der Waals surface area contributed by atoms with Crippen molar-refractivity contribution >= 4 is 5.69 Å². The van der Waals surface area contributed by atoms with Gasteiger partial charge < -0.3 is 15.5 Å². The van der Waals surface area contributed by atoms with Gasteiger partial charge in [0, 0.05) is 24.5 Å². The first-order chi connectivity index (χ1) is 12.9. The number of aromatic nitrogens is 6. The number of aryl methyl sites for hydroxylation is 1. The molecule has 0 saturated carbocycles. The molecule has 0 radical (unpaired) electrons. The highest BCUT2D eigenvalue weighted by Gasteiger charge is 2.16. The number of hydrogen-bond donors (Lipinski definition) is 3. The zero-order chi connectivity index (χ0) is 19.4. The topological polar surface area (TPSA) is 114 Å². The van der Waals surface area contributed by atoms with Crippen LogP contribution in [0.15, 0.2) is 36.9 Å². The van der Waals surface area contributed by atoms with Gasteiger partial charge >= 0.3 is 0 Å². The van der Waals surface area contributed by atoms with Crippen molar-refractivity contribution in [1.29, 1.82) is 0 Å². The normalized spacial score (nSPS) is 12.9. The molecule has 0 aliphatic heterocycles. The smallest absolute Gasteiger partial charge is 0.155 e. The van der Waals surface area contributed by atoms with Gasteiger partial charge in [-0.2, -0.15) is 5.10 Å². The summed E-state index contributed by atoms with van der Waals surface area (Å²) in [6.07, 6.45) is 8.23. The fourth-order valence-electron chi connectivity index (χ4n) is 2.54. The Morgan fingerprint density at radius 3 is 2.78 bits per heavy atom. The van der Waals surface area contributed by atoms with Gasteiger partial charge in [-0.25, -0.2) is 14.3 Å². The van der Waals surface area contributed by atoms with E-state index in [1.165, 1.54) is 0 Å². The molecule has 1 unspecified atom stereocenters. The average Bonchev–Trinajstić information content (AvgIpc) is 3.31. The van der Waals surface area contributed by atoms with E-state index >= 15 is 0 Å². The summed E-state index contributed by atoms with van der Waals surface area (Å²) in [5, 5.41) is 35.1. The van der Waals surface area contributed by atoms with Crippen molar-refractivity contribution in [3.8, 4) is 11.5 Å². The van der Waals surface area contributed by atoms with Crippen LogP contribution >= 0.6 is 0 Å². The third-order valence-electron chi connectivity index (χ3n) is 4.06. The molecule has 0 fully saturated rings. The molecule has 3 rings (SSSR count). The van der Waals surface area contributed by atoms with Gasteiger partial charge in [-0.05, 0) is 39.7 Å². The molecule has 9 nitrogen and oxygen atoms in total. The third-order valence-corrected chi connectivity index (χ3v) is 4.06. The van der Waals surface area contributed by atoms with Crippen LogP contribution in [0.5, 0.6) is 0 Å². The number of aliphatic hydroxyl groups is 2. The summed E-state index contributed by atoms with van der Waals surface area (Å²) in [5.41, 5.74) is 1.51. The Morgan fingerprint density at radius 2 is 2.11 bits per heavy atom. The van der Waals surface area contributed by atoms with Gasteiger partial charge in [0.15, 0.2) is 5.82 Å². The first kappa shape index (κ1) is 19.0. The van der Waals surface area contributed by atoms with Gasteiger partial charge in [0.25, 0.3) is 0 Å². The third kappa shape index (κ3) is 4.89. The molecule has 1 atom stereocenters. The Morgan fingerprint density at radius 1 is 1.30 bits per heavy atom. The summed E-state index contributed by atoms with van der Waals surface area (Å²) < 4.78 is 3.31. The number of anilines is 1. The second kappa shape index (κ2) is 7.85. The van der Waals surface area contributed by atoms with Crippen molar-refractivity contribution in [2.45, 2.75) is 45.3 Å². The molecule has 0 aliphatic rings. The van der Waals surface area contributed by atoms with E-state index in [4.69, 9.17) is 0 Å². The Kier molecular flexibility index (Phi) is 5.52. The van der Waals surface area contributed by atoms with Crippen LogP contribution in [0.1, 0.15) is 32.9 Å². The van der Waals surface area contributed by atoms with Crippen molar-refractivity contribution in [2.24, 2.45) is 0 Å². The van der Waals surface area contributed by atoms with E-state index in [2.05, 4.69) is 25.7 Å². The molecular weight excluding hydrogens is 346 g/mol. The summed E-state index contributed by atoms with van der Waals surface area (Å²) in [7, 11) is 0. The lowest BCUT2D eigenvalue weighted by molar-refractivity contribution is 0.0711. The van der Waals surface area contributed by atoms with E-state index in [1.807, 2.05) is 31.5 Å². The fraction of sp³-hybridized carbons (Fsp3) is 0.444. The standard InChI is InChI=1S/C18H25N7O2/c1-13(12-26)21-15-9-17(24-8-4-7-20-24)19-10-16(15)25-11-14(22-23-25)5-6-18(2,3)27/h4,7-11,13,26-27H,5-6,12H2,1-3H3,(H,19,21). The molecule has 0 aliphatic carbocycles. The second-order valence-electron chi connectivity index (χ2n) is 7.21. The van der Waals surface area contributed by atoms with Crippen molar-refractivity contribution < 1.29 is 10.2 Å². The van der Waals surface area contributed by atoms with Gasteiger partial charge in [-0.3, -0.25) is 0 Å². The summed E-state index contributed by atoms with van der Waals surface area (Å²) in [6, 6.07) is 3.53. The molecule has 0 saturated heterocycles. The molecule has 0 spiro atoms. The summed E-state index contributed by atoms with van der Waals surface area (Å²) in [5.74, 6) is 0.652. The van der Waals surface area contributed by atoms with Crippen molar-refractivity contribution in [3.63, 3.8) is 0 Å². The Balaban J connectivity index is 1.90. The van der Waals surface area contributed by atoms with Gasteiger partial charge in [-0.1, -0.05) is 5.21 Å². The molecule has 27 heavy (non-hydrogen) atoms. The van der Waals surface area contributed by atoms with Gasteiger partial charge in [0.05, 0.1) is 36.0 Å². The lowest BCUT2D eigenvalue weighted by Crippen LogP contribution is -2.21. The molecule has 9 heteroatoms. The molecular formula is C18H25N7O2. The first-order valence-electron chi connectivity index (χ1n) is 8.87. The molecule has 0 amide bonds. The number of hydrogen-bond acceptors (Lipinski definition) is 7. The van der Waals surface area contributed by atoms with Crippen LogP contribution in [0, 0.1) is 0 Å². The first-order valence-corrected chi connectivity index (χ1v) is 8.87. The maximum atomic E-state index is 9.89. The quantitative estimate of drug-likeness (QED) is 0.547. The van der Waals surface area contributed by atoms with Crippen molar-refractivity contribution in [3.05, 3.63) is 42.6 Å². The van der Waals surface area contributed by atoms with Crippen LogP contribution in [0.3, 0.4) is 0 Å². The Bertz CT molecular complexity index is 868. The minimum Gasteiger partial charge on any atom is -0.394 e. The van der Waals surface area contributed by atoms with Crippen LogP contribution in [-0.4, -0.2) is 58.2 Å². The zero-order valence-electron chi connectivity index (χ0n) is 15.7. The highest BCUT2D eigenvalue weighted by Crippen LogP contribution is 2.23. The summed E-state index contributed by atoms with van der Waals surface area (Å²) in [4.78, 5) is 4.46. The summed E-state index contributed by atoms with van der Waals surface area (Å²) >= 11 is 0. The number of pyridine rings is 1. The number of rotatable bonds is 8. The average molecular weight is 371 g/mol. The fourth-order valence-corrected chi connectivity index (χ4v) is 2.54. The lowest BCUT2D eigenvalue weighted by Gasteiger charge is -2.17. The maximum Gasteiger partial charge on any atom is 0.155 e. The maximum absolute atomic E-state index is 9.89. The Labute approximate surface area is 157 Å². The van der Waals surface area contributed by atoms with Crippen LogP contribution in [0.4, 0.5) is 5.69 Å². The molecule has 3 N–H and O–H groups in total. The van der Waals surface area contributed by atoms with E-state index in [0.29, 0.717) is 24.3 Å². The predicted octanol–water partition coefficient (Wildman–Crippen LogP) is 1.34. The van der Waals surface area contributed by atoms with E-state index in [9.17, 15) is 10.2 Å². The highest BCUT2D eigenvalue weighted by atomic mass is 16.3. The lowest BCUT2D eigenvalue weighted by atomic mass is 10.0. The Hall–Kier alpha value is -2.78. The molecule has 3 heterocycles. The monoisotopic (exact) mass is 371 g/mol. The van der Waals surface area contributed by atoms with E-state index in [1.54, 1.807) is 35.6 Å². The largest absolute Gasteiger partial charge is 0.394 e. The molecule has 0 aromatic carbocycles. The van der Waals surface area contributed by atoms with Crippen LogP contribution < -0.4 is 5.32 Å². The van der Waals surface area contributed by atoms with Gasteiger partial charge in [-0.15, -0.1) is 5.10 Å².